The van der Waals surface area contributed by atoms with Crippen LogP contribution in [0, 0.1) is 0 Å². The van der Waals surface area contributed by atoms with Crippen molar-refractivity contribution in [1.29, 1.82) is 0 Å². The van der Waals surface area contributed by atoms with Crippen LogP contribution in [-0.4, -0.2) is 36.4 Å². The Morgan fingerprint density at radius 3 is 2.44 bits per heavy atom. The van der Waals surface area contributed by atoms with Crippen LogP contribution in [0.25, 0.3) is 10.9 Å². The molecule has 1 aliphatic rings. The Kier molecular flexibility index (Phi) is 9.37. The average Bonchev–Trinajstić information content (AvgIpc) is 3.25. The predicted molar refractivity (Wildman–Crippen MR) is 144 cm³/mol. The molecule has 1 saturated carbocycles. The Bertz CT molecular complexity index is 1080. The number of para-hydroxylation sites is 1. The molecule has 0 saturated heterocycles. The molecule has 34 heavy (non-hydrogen) atoms. The van der Waals surface area contributed by atoms with Gasteiger partial charge in [0.15, 0.2) is 0 Å². The minimum Gasteiger partial charge on any atom is -0.361 e. The molecule has 1 amide bonds. The van der Waals surface area contributed by atoms with Gasteiger partial charge in [0.2, 0.25) is 5.91 Å². The van der Waals surface area contributed by atoms with E-state index in [0.29, 0.717) is 0 Å². The predicted octanol–water partition coefficient (Wildman–Crippen LogP) is 6.38. The van der Waals surface area contributed by atoms with Gasteiger partial charge in [-0.1, -0.05) is 60.5 Å². The van der Waals surface area contributed by atoms with E-state index in [-0.39, 0.29) is 23.9 Å². The molecule has 2 aromatic carbocycles. The molecule has 0 unspecified atom stereocenters. The van der Waals surface area contributed by atoms with E-state index < -0.39 is 0 Å². The fraction of sp³-hybridized carbons (Fsp3) is 0.414. The third-order valence-electron chi connectivity index (χ3n) is 7.32. The van der Waals surface area contributed by atoms with E-state index in [1.54, 1.807) is 0 Å². The number of halogens is 1. The zero-order valence-corrected chi connectivity index (χ0v) is 21.3. The molecular formula is C29H38ClN3O. The van der Waals surface area contributed by atoms with Crippen molar-refractivity contribution in [3.63, 3.8) is 0 Å². The topological polar surface area (TPSA) is 48.1 Å². The highest BCUT2D eigenvalue weighted by Gasteiger charge is 2.37. The van der Waals surface area contributed by atoms with Crippen LogP contribution in [0.3, 0.4) is 0 Å². The van der Waals surface area contributed by atoms with E-state index in [1.807, 2.05) is 6.08 Å². The minimum absolute atomic E-state index is 0. The standard InChI is InChI=1S/C29H37N3O.ClH/c1-32(2)29(25-12-6-3-7-13-25)18-16-23(17-19-29)21-28(33)30-20-10-4-5-11-24-22-31-27-15-9-8-14-26(24)27;/h3,6-9,12-15,21-22,31H,4-5,10-11,16-20H2,1-2H3,(H,30,33);1H. The maximum Gasteiger partial charge on any atom is 0.243 e. The number of benzene rings is 2. The lowest BCUT2D eigenvalue weighted by molar-refractivity contribution is -0.116. The SMILES string of the molecule is CN(C)C1(c2ccccc2)CCC(=CC(=O)NCCCCCc2c[nH]c3ccccc23)CC1.Cl. The third-order valence-corrected chi connectivity index (χ3v) is 7.32. The van der Waals surface area contributed by atoms with Crippen LogP contribution >= 0.6 is 12.4 Å². The molecule has 0 atom stereocenters. The summed E-state index contributed by atoms with van der Waals surface area (Å²) < 4.78 is 0. The zero-order chi connectivity index (χ0) is 23.1. The van der Waals surface area contributed by atoms with Crippen LogP contribution in [0.15, 0.2) is 72.4 Å². The van der Waals surface area contributed by atoms with Gasteiger partial charge in [-0.05, 0) is 76.2 Å². The van der Waals surface area contributed by atoms with Crippen LogP contribution in [0.2, 0.25) is 0 Å². The number of hydrogen-bond acceptors (Lipinski definition) is 2. The zero-order valence-electron chi connectivity index (χ0n) is 20.5. The fourth-order valence-corrected chi connectivity index (χ4v) is 5.28. The summed E-state index contributed by atoms with van der Waals surface area (Å²) in [7, 11) is 4.35. The number of nitrogens with zero attached hydrogens (tertiary/aromatic N) is 1. The second-order valence-corrected chi connectivity index (χ2v) is 9.56. The number of hydrogen-bond donors (Lipinski definition) is 2. The van der Waals surface area contributed by atoms with Gasteiger partial charge >= 0.3 is 0 Å². The van der Waals surface area contributed by atoms with Gasteiger partial charge in [-0.25, -0.2) is 0 Å². The van der Waals surface area contributed by atoms with Crippen molar-refractivity contribution >= 4 is 29.2 Å². The lowest BCUT2D eigenvalue weighted by atomic mass is 9.74. The van der Waals surface area contributed by atoms with Crippen molar-refractivity contribution in [1.82, 2.24) is 15.2 Å². The molecule has 4 nitrogen and oxygen atoms in total. The van der Waals surface area contributed by atoms with Gasteiger partial charge in [-0.15, -0.1) is 12.4 Å². The molecule has 1 aromatic heterocycles. The van der Waals surface area contributed by atoms with Crippen LogP contribution in [0.1, 0.15) is 56.1 Å². The van der Waals surface area contributed by atoms with Crippen molar-refractivity contribution in [2.24, 2.45) is 0 Å². The van der Waals surface area contributed by atoms with Gasteiger partial charge < -0.3 is 10.3 Å². The first-order valence-electron chi connectivity index (χ1n) is 12.3. The van der Waals surface area contributed by atoms with Crippen molar-refractivity contribution < 1.29 is 4.79 Å². The molecule has 5 heteroatoms. The van der Waals surface area contributed by atoms with Crippen LogP contribution in [0.4, 0.5) is 0 Å². The summed E-state index contributed by atoms with van der Waals surface area (Å²) >= 11 is 0. The largest absolute Gasteiger partial charge is 0.361 e. The van der Waals surface area contributed by atoms with E-state index in [1.165, 1.54) is 27.6 Å². The number of rotatable bonds is 9. The summed E-state index contributed by atoms with van der Waals surface area (Å²) in [4.78, 5) is 18.1. The number of allylic oxidation sites excluding steroid dienone is 1. The number of aromatic nitrogens is 1. The Labute approximate surface area is 210 Å². The monoisotopic (exact) mass is 479 g/mol. The summed E-state index contributed by atoms with van der Waals surface area (Å²) in [5.74, 6) is 0.0682. The Hall–Kier alpha value is -2.56. The fourth-order valence-electron chi connectivity index (χ4n) is 5.28. The number of amides is 1. The highest BCUT2D eigenvalue weighted by molar-refractivity contribution is 5.88. The van der Waals surface area contributed by atoms with E-state index in [4.69, 9.17) is 0 Å². The number of fused-ring (bicyclic) bond motifs is 1. The maximum atomic E-state index is 12.4. The summed E-state index contributed by atoms with van der Waals surface area (Å²) in [5, 5.41) is 4.43. The number of carbonyl (C=O) groups excluding carboxylic acids is 1. The summed E-state index contributed by atoms with van der Waals surface area (Å²) in [6, 6.07) is 19.3. The van der Waals surface area contributed by atoms with E-state index >= 15 is 0 Å². The van der Waals surface area contributed by atoms with Gasteiger partial charge in [-0.3, -0.25) is 9.69 Å². The normalized spacial score (nSPS) is 18.0. The van der Waals surface area contributed by atoms with Crippen molar-refractivity contribution in [3.8, 4) is 0 Å². The molecule has 0 spiro atoms. The number of H-pyrrole nitrogens is 1. The number of aryl methyl sites for hydroxylation is 1. The van der Waals surface area contributed by atoms with E-state index in [9.17, 15) is 4.79 Å². The van der Waals surface area contributed by atoms with Gasteiger partial charge in [0.25, 0.3) is 0 Å². The van der Waals surface area contributed by atoms with Crippen LogP contribution in [0.5, 0.6) is 0 Å². The third kappa shape index (κ3) is 6.11. The number of nitrogens with one attached hydrogen (secondary N) is 2. The van der Waals surface area contributed by atoms with Gasteiger partial charge in [0.05, 0.1) is 0 Å². The van der Waals surface area contributed by atoms with Crippen LogP contribution in [-0.2, 0) is 16.8 Å². The molecule has 182 valence electrons. The van der Waals surface area contributed by atoms with E-state index in [2.05, 4.69) is 90.1 Å². The molecular weight excluding hydrogens is 442 g/mol. The Morgan fingerprint density at radius 2 is 1.71 bits per heavy atom. The first kappa shape index (κ1) is 26.1. The maximum absolute atomic E-state index is 12.4. The lowest BCUT2D eigenvalue weighted by Crippen LogP contribution is -2.43. The smallest absolute Gasteiger partial charge is 0.243 e. The van der Waals surface area contributed by atoms with Gasteiger partial charge in [0, 0.05) is 35.3 Å². The van der Waals surface area contributed by atoms with Crippen molar-refractivity contribution in [3.05, 3.63) is 83.6 Å². The van der Waals surface area contributed by atoms with Crippen LogP contribution < -0.4 is 5.32 Å². The summed E-state index contributed by atoms with van der Waals surface area (Å²) in [5.41, 5.74) is 5.33. The highest BCUT2D eigenvalue weighted by Crippen LogP contribution is 2.42. The molecule has 1 heterocycles. The molecule has 1 aliphatic carbocycles. The molecule has 3 aromatic rings. The highest BCUT2D eigenvalue weighted by atomic mass is 35.5. The molecule has 0 bridgehead atoms. The molecule has 0 radical (unpaired) electrons. The number of aromatic amines is 1. The number of carbonyl (C=O) groups is 1. The second kappa shape index (κ2) is 12.2. The molecule has 2 N–H and O–H groups in total. The van der Waals surface area contributed by atoms with Crippen molar-refractivity contribution in [2.75, 3.05) is 20.6 Å². The minimum atomic E-state index is 0. The first-order chi connectivity index (χ1) is 16.1. The average molecular weight is 480 g/mol. The molecule has 1 fully saturated rings. The van der Waals surface area contributed by atoms with E-state index in [0.717, 1.165) is 57.9 Å². The first-order valence-corrected chi connectivity index (χ1v) is 12.3. The number of unbranched alkanes of at least 4 members (excludes halogenated alkanes) is 2. The lowest BCUT2D eigenvalue weighted by Gasteiger charge is -2.44. The quantitative estimate of drug-likeness (QED) is 0.276. The molecule has 4 rings (SSSR count). The second-order valence-electron chi connectivity index (χ2n) is 9.56. The Morgan fingerprint density at radius 1 is 1.00 bits per heavy atom. The summed E-state index contributed by atoms with van der Waals surface area (Å²) in [6.45, 7) is 0.752. The van der Waals surface area contributed by atoms with Gasteiger partial charge in [0.1, 0.15) is 0 Å². The van der Waals surface area contributed by atoms with Crippen molar-refractivity contribution in [2.45, 2.75) is 56.9 Å². The summed E-state index contributed by atoms with van der Waals surface area (Å²) in [6.07, 6.45) is 12.4. The molecule has 0 aliphatic heterocycles. The van der Waals surface area contributed by atoms with Gasteiger partial charge in [-0.2, -0.15) is 0 Å². The Balaban J connectivity index is 0.00000324.